The summed E-state index contributed by atoms with van der Waals surface area (Å²) in [4.78, 5) is 68.4. The van der Waals surface area contributed by atoms with Crippen molar-refractivity contribution in [2.24, 2.45) is 34.8 Å². The molecular weight excluding hydrogens is 553 g/mol. The summed E-state index contributed by atoms with van der Waals surface area (Å²) in [5.74, 6) is -6.96. The lowest BCUT2D eigenvalue weighted by Crippen LogP contribution is -2.49. The van der Waals surface area contributed by atoms with E-state index in [1.165, 1.54) is 12.1 Å². The van der Waals surface area contributed by atoms with Gasteiger partial charge in [-0.05, 0) is 74.4 Å². The summed E-state index contributed by atoms with van der Waals surface area (Å²) in [6, 6.07) is 6.00. The van der Waals surface area contributed by atoms with Crippen molar-refractivity contribution in [2.75, 3.05) is 4.90 Å². The van der Waals surface area contributed by atoms with Crippen LogP contribution in [0.2, 0.25) is 5.02 Å². The molecule has 0 spiro atoms. The van der Waals surface area contributed by atoms with Crippen LogP contribution in [0.3, 0.4) is 0 Å². The number of primary amides is 1. The minimum Gasteiger partial charge on any atom is -0.507 e. The third kappa shape index (κ3) is 3.56. The van der Waals surface area contributed by atoms with Crippen LogP contribution < -0.4 is 10.6 Å². The van der Waals surface area contributed by atoms with Crippen molar-refractivity contribution in [3.8, 4) is 5.75 Å². The average Bonchev–Trinajstić information content (AvgIpc) is 3.28. The number of carbonyl (C=O) groups is 5. The van der Waals surface area contributed by atoms with E-state index in [0.717, 1.165) is 16.5 Å². The monoisotopic (exact) mass is 579 g/mol. The Bertz CT molecular complexity index is 1610. The zero-order chi connectivity index (χ0) is 29.7. The van der Waals surface area contributed by atoms with Gasteiger partial charge in [-0.2, -0.15) is 4.90 Å². The summed E-state index contributed by atoms with van der Waals surface area (Å²) in [5, 5.41) is 10.3. The molecule has 3 fully saturated rings. The number of aromatic hydroxyl groups is 1. The first-order valence-electron chi connectivity index (χ1n) is 13.3. The van der Waals surface area contributed by atoms with Gasteiger partial charge in [0.1, 0.15) is 11.6 Å². The number of hydrogen-bond donors (Lipinski definition) is 2. The van der Waals surface area contributed by atoms with Gasteiger partial charge in [-0.15, -0.1) is 0 Å². The van der Waals surface area contributed by atoms with E-state index in [2.05, 4.69) is 0 Å². The molecule has 6 unspecified atom stereocenters. The van der Waals surface area contributed by atoms with Gasteiger partial charge in [0.25, 0.3) is 0 Å². The van der Waals surface area contributed by atoms with E-state index in [9.17, 15) is 33.5 Å². The molecule has 2 aliphatic carbocycles. The van der Waals surface area contributed by atoms with Crippen LogP contribution in [0.15, 0.2) is 42.0 Å². The minimum atomic E-state index is -1.32. The maximum absolute atomic E-state index is 14.4. The van der Waals surface area contributed by atoms with Gasteiger partial charge in [0.2, 0.25) is 23.6 Å². The lowest BCUT2D eigenvalue weighted by Gasteiger charge is -2.49. The number of aryl methyl sites for hydroxylation is 2. The number of hydrogen-bond acceptors (Lipinski definition) is 6. The fourth-order valence-corrected chi connectivity index (χ4v) is 7.81. The summed E-state index contributed by atoms with van der Waals surface area (Å²) in [5.41, 5.74) is 6.72. The summed E-state index contributed by atoms with van der Waals surface area (Å²) in [6.07, 6.45) is 2.09. The van der Waals surface area contributed by atoms with Crippen LogP contribution in [0, 0.1) is 48.8 Å². The van der Waals surface area contributed by atoms with Crippen LogP contribution in [0.1, 0.15) is 42.4 Å². The number of phenolic OH excluding ortho intramolecular Hbond substituents is 1. The number of fused-ring (bicyclic) bond motifs is 4. The second kappa shape index (κ2) is 8.97. The second-order valence-corrected chi connectivity index (χ2v) is 12.0. The summed E-state index contributed by atoms with van der Waals surface area (Å²) in [7, 11) is 0. The number of likely N-dealkylation sites (tertiary alicyclic amines) is 1. The lowest BCUT2D eigenvalue weighted by atomic mass is 9.51. The Morgan fingerprint density at radius 1 is 1.05 bits per heavy atom. The number of halogens is 2. The molecule has 2 aromatic carbocycles. The Morgan fingerprint density at radius 2 is 1.71 bits per heavy atom. The molecule has 4 aliphatic rings. The van der Waals surface area contributed by atoms with Gasteiger partial charge in [0.15, 0.2) is 0 Å². The minimum absolute atomic E-state index is 0.0810. The number of phenols is 1. The van der Waals surface area contributed by atoms with E-state index in [1.807, 2.05) is 6.08 Å². The SMILES string of the molecule is Cc1cc(C2C3=CCC4C(=O)N(C(N)=O)C(=O)C4C3CC3C(=O)N(c4ccc(F)c(Cl)c4)C(=O)C32C)cc(C)c1O. The number of amides is 6. The molecule has 41 heavy (non-hydrogen) atoms. The number of carbonyl (C=O) groups excluding carboxylic acids is 5. The molecule has 6 rings (SSSR count). The average molecular weight is 580 g/mol. The normalized spacial score (nSPS) is 30.8. The number of rotatable bonds is 2. The molecule has 2 saturated heterocycles. The Balaban J connectivity index is 1.55. The zero-order valence-corrected chi connectivity index (χ0v) is 23.2. The highest BCUT2D eigenvalue weighted by Crippen LogP contribution is 2.63. The van der Waals surface area contributed by atoms with Crippen LogP contribution in [-0.2, 0) is 19.2 Å². The first kappa shape index (κ1) is 27.1. The zero-order valence-electron chi connectivity index (χ0n) is 22.5. The van der Waals surface area contributed by atoms with Crippen molar-refractivity contribution >= 4 is 46.9 Å². The van der Waals surface area contributed by atoms with Gasteiger partial charge in [0.05, 0.1) is 33.9 Å². The van der Waals surface area contributed by atoms with Crippen molar-refractivity contribution in [1.82, 2.24) is 4.90 Å². The van der Waals surface area contributed by atoms with Crippen molar-refractivity contribution < 1.29 is 33.5 Å². The van der Waals surface area contributed by atoms with Crippen LogP contribution in [0.4, 0.5) is 14.9 Å². The largest absolute Gasteiger partial charge is 0.507 e. The quantitative estimate of drug-likeness (QED) is 0.406. The molecule has 9 nitrogen and oxygen atoms in total. The van der Waals surface area contributed by atoms with Gasteiger partial charge in [-0.1, -0.05) is 35.4 Å². The number of anilines is 1. The number of urea groups is 1. The van der Waals surface area contributed by atoms with Crippen LogP contribution in [0.5, 0.6) is 5.75 Å². The molecule has 2 aliphatic heterocycles. The van der Waals surface area contributed by atoms with Crippen molar-refractivity contribution in [3.63, 3.8) is 0 Å². The van der Waals surface area contributed by atoms with E-state index in [4.69, 9.17) is 17.3 Å². The topological polar surface area (TPSA) is 138 Å². The van der Waals surface area contributed by atoms with Crippen molar-refractivity contribution in [1.29, 1.82) is 0 Å². The maximum atomic E-state index is 14.4. The molecule has 6 amide bonds. The third-order valence-electron chi connectivity index (χ3n) is 9.50. The van der Waals surface area contributed by atoms with Gasteiger partial charge < -0.3 is 10.8 Å². The summed E-state index contributed by atoms with van der Waals surface area (Å²) < 4.78 is 14.0. The molecule has 0 aromatic heterocycles. The van der Waals surface area contributed by atoms with Gasteiger partial charge in [-0.25, -0.2) is 14.1 Å². The van der Waals surface area contributed by atoms with E-state index >= 15 is 0 Å². The first-order chi connectivity index (χ1) is 19.3. The molecule has 0 bridgehead atoms. The summed E-state index contributed by atoms with van der Waals surface area (Å²) >= 11 is 6.01. The fraction of sp³-hybridized carbons (Fsp3) is 0.367. The van der Waals surface area contributed by atoms with Gasteiger partial charge in [0, 0.05) is 5.92 Å². The molecule has 1 saturated carbocycles. The predicted octanol–water partition coefficient (Wildman–Crippen LogP) is 4.11. The highest BCUT2D eigenvalue weighted by atomic mass is 35.5. The highest BCUT2D eigenvalue weighted by molar-refractivity contribution is 6.31. The van der Waals surface area contributed by atoms with E-state index < -0.39 is 70.5 Å². The number of nitrogens with two attached hydrogens (primary N) is 1. The molecule has 212 valence electrons. The molecule has 0 radical (unpaired) electrons. The maximum Gasteiger partial charge on any atom is 0.328 e. The fourth-order valence-electron chi connectivity index (χ4n) is 7.64. The Labute approximate surface area is 239 Å². The standard InChI is InChI=1S/C30H27ClFN3O6/c1-12-8-14(9-13(2)24(12)36)23-16-5-6-17-22(27(39)35(25(17)37)29(33)41)18(16)11-19-26(38)34(28(40)30(19,23)3)15-4-7-21(32)20(31)10-15/h4-5,7-10,17-19,22-23,36H,6,11H2,1-3H3,(H2,33,41). The Morgan fingerprint density at radius 3 is 2.32 bits per heavy atom. The molecule has 2 aromatic rings. The smallest absolute Gasteiger partial charge is 0.328 e. The first-order valence-corrected chi connectivity index (χ1v) is 13.7. The molecular formula is C30H27ClFN3O6. The third-order valence-corrected chi connectivity index (χ3v) is 9.79. The van der Waals surface area contributed by atoms with E-state index in [0.29, 0.717) is 21.6 Å². The van der Waals surface area contributed by atoms with Gasteiger partial charge >= 0.3 is 6.03 Å². The number of imide groups is 4. The van der Waals surface area contributed by atoms with Crippen LogP contribution in [-0.4, -0.2) is 39.7 Å². The van der Waals surface area contributed by atoms with Crippen LogP contribution in [0.25, 0.3) is 0 Å². The van der Waals surface area contributed by atoms with E-state index in [1.54, 1.807) is 32.9 Å². The Hall–Kier alpha value is -4.05. The Kier molecular flexibility index (Phi) is 5.94. The number of nitrogens with zero attached hydrogens (tertiary/aromatic N) is 2. The second-order valence-electron chi connectivity index (χ2n) is 11.6. The number of benzene rings is 2. The molecule has 11 heteroatoms. The molecule has 2 heterocycles. The number of allylic oxidation sites excluding steroid dienone is 2. The molecule has 3 N–H and O–H groups in total. The summed E-state index contributed by atoms with van der Waals surface area (Å²) in [6.45, 7) is 5.18. The van der Waals surface area contributed by atoms with Crippen molar-refractivity contribution in [2.45, 2.75) is 39.5 Å². The van der Waals surface area contributed by atoms with Crippen molar-refractivity contribution in [3.05, 3.63) is 69.5 Å². The molecule has 6 atom stereocenters. The van der Waals surface area contributed by atoms with Crippen LogP contribution >= 0.6 is 11.6 Å². The highest BCUT2D eigenvalue weighted by Gasteiger charge is 2.68. The van der Waals surface area contributed by atoms with Gasteiger partial charge in [-0.3, -0.25) is 19.2 Å². The van der Waals surface area contributed by atoms with E-state index in [-0.39, 0.29) is 29.3 Å². The lowest BCUT2D eigenvalue weighted by molar-refractivity contribution is -0.136. The predicted molar refractivity (Wildman–Crippen MR) is 145 cm³/mol.